The topological polar surface area (TPSA) is 42.4 Å². The Kier molecular flexibility index (Phi) is 2.29. The van der Waals surface area contributed by atoms with Gasteiger partial charge in [-0.15, -0.1) is 0 Å². The van der Waals surface area contributed by atoms with Gasteiger partial charge in [0.05, 0.1) is 12.8 Å². The standard InChI is InChI=1S/C12H18N2O/c13-9-6-10-3-4-11(7-9)14(10)8-12-2-1-5-15-12/h1-2,5,9-11H,3-4,6-8,13H2/t9?,10-,11+. The number of rotatable bonds is 2. The molecule has 1 aromatic heterocycles. The lowest BCUT2D eigenvalue weighted by Crippen LogP contribution is -2.46. The molecule has 3 heteroatoms. The molecule has 0 aromatic carbocycles. The third-order valence-electron chi connectivity index (χ3n) is 3.84. The molecule has 15 heavy (non-hydrogen) atoms. The molecule has 2 fully saturated rings. The summed E-state index contributed by atoms with van der Waals surface area (Å²) in [6, 6.07) is 5.85. The minimum Gasteiger partial charge on any atom is -0.468 e. The first-order chi connectivity index (χ1) is 7.33. The van der Waals surface area contributed by atoms with E-state index in [0.717, 1.165) is 25.1 Å². The lowest BCUT2D eigenvalue weighted by atomic mass is 9.98. The molecule has 3 atom stereocenters. The maximum absolute atomic E-state index is 6.04. The zero-order valence-electron chi connectivity index (χ0n) is 8.93. The normalized spacial score (nSPS) is 35.9. The summed E-state index contributed by atoms with van der Waals surface area (Å²) in [6.45, 7) is 0.967. The van der Waals surface area contributed by atoms with Crippen molar-refractivity contribution in [1.82, 2.24) is 4.90 Å². The van der Waals surface area contributed by atoms with Gasteiger partial charge in [-0.3, -0.25) is 4.90 Å². The second kappa shape index (κ2) is 3.65. The average Bonchev–Trinajstić information content (AvgIpc) is 2.77. The van der Waals surface area contributed by atoms with Gasteiger partial charge in [0.25, 0.3) is 0 Å². The highest BCUT2D eigenvalue weighted by Gasteiger charge is 2.39. The van der Waals surface area contributed by atoms with E-state index in [2.05, 4.69) is 11.0 Å². The van der Waals surface area contributed by atoms with E-state index in [1.807, 2.05) is 6.07 Å². The molecule has 1 unspecified atom stereocenters. The number of hydrogen-bond acceptors (Lipinski definition) is 3. The van der Waals surface area contributed by atoms with E-state index in [1.165, 1.54) is 12.8 Å². The number of piperidine rings is 1. The third-order valence-corrected chi connectivity index (χ3v) is 3.84. The van der Waals surface area contributed by atoms with Crippen LogP contribution in [0.2, 0.25) is 0 Å². The van der Waals surface area contributed by atoms with Crippen LogP contribution in [0.3, 0.4) is 0 Å². The minimum absolute atomic E-state index is 0.426. The molecule has 3 heterocycles. The van der Waals surface area contributed by atoms with Crippen LogP contribution in [0.4, 0.5) is 0 Å². The fourth-order valence-electron chi connectivity index (χ4n) is 3.16. The van der Waals surface area contributed by atoms with Crippen molar-refractivity contribution in [2.75, 3.05) is 0 Å². The summed E-state index contributed by atoms with van der Waals surface area (Å²) in [6.07, 6.45) is 6.72. The van der Waals surface area contributed by atoms with Crippen LogP contribution in [0.25, 0.3) is 0 Å². The molecule has 0 saturated carbocycles. The van der Waals surface area contributed by atoms with Crippen LogP contribution < -0.4 is 5.73 Å². The highest BCUT2D eigenvalue weighted by Crippen LogP contribution is 2.36. The third kappa shape index (κ3) is 1.70. The van der Waals surface area contributed by atoms with E-state index in [-0.39, 0.29) is 0 Å². The van der Waals surface area contributed by atoms with Crippen molar-refractivity contribution in [2.45, 2.75) is 50.4 Å². The van der Waals surface area contributed by atoms with Crippen molar-refractivity contribution in [1.29, 1.82) is 0 Å². The SMILES string of the molecule is NC1C[C@H]2CC[C@@H](C1)N2Cc1ccco1. The Balaban J connectivity index is 1.72. The molecular weight excluding hydrogens is 188 g/mol. The monoisotopic (exact) mass is 206 g/mol. The zero-order chi connectivity index (χ0) is 10.3. The van der Waals surface area contributed by atoms with E-state index in [1.54, 1.807) is 6.26 Å². The summed E-state index contributed by atoms with van der Waals surface area (Å²) in [5, 5.41) is 0. The molecule has 82 valence electrons. The van der Waals surface area contributed by atoms with Gasteiger partial charge in [0.1, 0.15) is 5.76 Å². The van der Waals surface area contributed by atoms with Gasteiger partial charge in [-0.05, 0) is 37.8 Å². The van der Waals surface area contributed by atoms with Crippen molar-refractivity contribution in [3.63, 3.8) is 0 Å². The second-order valence-corrected chi connectivity index (χ2v) is 4.87. The Morgan fingerprint density at radius 1 is 1.33 bits per heavy atom. The highest BCUT2D eigenvalue weighted by atomic mass is 16.3. The van der Waals surface area contributed by atoms with E-state index in [9.17, 15) is 0 Å². The van der Waals surface area contributed by atoms with E-state index in [4.69, 9.17) is 10.2 Å². The Hall–Kier alpha value is -0.800. The predicted molar refractivity (Wildman–Crippen MR) is 58.3 cm³/mol. The zero-order valence-corrected chi connectivity index (χ0v) is 8.93. The number of nitrogens with two attached hydrogens (primary N) is 1. The molecule has 2 N–H and O–H groups in total. The van der Waals surface area contributed by atoms with E-state index < -0.39 is 0 Å². The smallest absolute Gasteiger partial charge is 0.117 e. The number of furan rings is 1. The maximum atomic E-state index is 6.04. The number of hydrogen-bond donors (Lipinski definition) is 1. The molecule has 0 aliphatic carbocycles. The summed E-state index contributed by atoms with van der Waals surface area (Å²) in [5.41, 5.74) is 6.04. The van der Waals surface area contributed by atoms with Gasteiger partial charge < -0.3 is 10.2 Å². The van der Waals surface area contributed by atoms with Gasteiger partial charge >= 0.3 is 0 Å². The first kappa shape index (κ1) is 9.43. The van der Waals surface area contributed by atoms with Gasteiger partial charge in [0.2, 0.25) is 0 Å². The molecule has 3 nitrogen and oxygen atoms in total. The first-order valence-corrected chi connectivity index (χ1v) is 5.86. The van der Waals surface area contributed by atoms with Crippen LogP contribution in [-0.4, -0.2) is 23.0 Å². The Bertz CT molecular complexity index is 308. The molecule has 0 amide bonds. The van der Waals surface area contributed by atoms with Crippen LogP contribution in [0, 0.1) is 0 Å². The Labute approximate surface area is 90.2 Å². The summed E-state index contributed by atoms with van der Waals surface area (Å²) in [7, 11) is 0. The fraction of sp³-hybridized carbons (Fsp3) is 0.667. The number of nitrogens with zero attached hydrogens (tertiary/aromatic N) is 1. The van der Waals surface area contributed by atoms with Gasteiger partial charge in [0, 0.05) is 18.1 Å². The van der Waals surface area contributed by atoms with Gasteiger partial charge in [-0.2, -0.15) is 0 Å². The molecule has 1 aromatic rings. The molecule has 2 aliphatic heterocycles. The summed E-state index contributed by atoms with van der Waals surface area (Å²) < 4.78 is 5.41. The molecule has 0 radical (unpaired) electrons. The van der Waals surface area contributed by atoms with E-state index in [0.29, 0.717) is 18.1 Å². The molecule has 3 rings (SSSR count). The predicted octanol–water partition coefficient (Wildman–Crippen LogP) is 1.73. The van der Waals surface area contributed by atoms with Crippen LogP contribution in [0.1, 0.15) is 31.4 Å². The number of fused-ring (bicyclic) bond motifs is 2. The Morgan fingerprint density at radius 2 is 2.07 bits per heavy atom. The van der Waals surface area contributed by atoms with Crippen molar-refractivity contribution < 1.29 is 4.42 Å². The molecule has 2 saturated heterocycles. The quantitative estimate of drug-likeness (QED) is 0.801. The molecule has 0 spiro atoms. The lowest BCUT2D eigenvalue weighted by molar-refractivity contribution is 0.111. The molecular formula is C12H18N2O. The average molecular weight is 206 g/mol. The summed E-state index contributed by atoms with van der Waals surface area (Å²) >= 11 is 0. The summed E-state index contributed by atoms with van der Waals surface area (Å²) in [5.74, 6) is 1.09. The van der Waals surface area contributed by atoms with Crippen molar-refractivity contribution in [3.8, 4) is 0 Å². The van der Waals surface area contributed by atoms with Crippen LogP contribution in [0.5, 0.6) is 0 Å². The second-order valence-electron chi connectivity index (χ2n) is 4.87. The van der Waals surface area contributed by atoms with Crippen molar-refractivity contribution >= 4 is 0 Å². The Morgan fingerprint density at radius 3 is 2.67 bits per heavy atom. The van der Waals surface area contributed by atoms with E-state index >= 15 is 0 Å². The highest BCUT2D eigenvalue weighted by molar-refractivity contribution is 5.03. The molecule has 2 aliphatic rings. The van der Waals surface area contributed by atoms with Crippen molar-refractivity contribution in [2.24, 2.45) is 5.73 Å². The largest absolute Gasteiger partial charge is 0.468 e. The van der Waals surface area contributed by atoms with Crippen LogP contribution in [-0.2, 0) is 6.54 Å². The van der Waals surface area contributed by atoms with Gasteiger partial charge in [0.15, 0.2) is 0 Å². The minimum atomic E-state index is 0.426. The van der Waals surface area contributed by atoms with Crippen LogP contribution >= 0.6 is 0 Å². The van der Waals surface area contributed by atoms with Gasteiger partial charge in [-0.1, -0.05) is 0 Å². The first-order valence-electron chi connectivity index (χ1n) is 5.86. The fourth-order valence-corrected chi connectivity index (χ4v) is 3.16. The maximum Gasteiger partial charge on any atom is 0.117 e. The summed E-state index contributed by atoms with van der Waals surface area (Å²) in [4.78, 5) is 2.59. The van der Waals surface area contributed by atoms with Crippen molar-refractivity contribution in [3.05, 3.63) is 24.2 Å². The lowest BCUT2D eigenvalue weighted by Gasteiger charge is -2.37. The molecule has 2 bridgehead atoms. The van der Waals surface area contributed by atoms with Crippen LogP contribution in [0.15, 0.2) is 22.8 Å². The van der Waals surface area contributed by atoms with Gasteiger partial charge in [-0.25, -0.2) is 0 Å².